The van der Waals surface area contributed by atoms with Crippen LogP contribution in [0.3, 0.4) is 0 Å². The Morgan fingerprint density at radius 1 is 0.500 bits per heavy atom. The molecule has 15 nitrogen and oxygen atoms in total. The van der Waals surface area contributed by atoms with Crippen LogP contribution in [0.25, 0.3) is 0 Å². The van der Waals surface area contributed by atoms with Crippen molar-refractivity contribution in [2.24, 2.45) is 5.73 Å². The van der Waals surface area contributed by atoms with E-state index >= 15 is 0 Å². The topological polar surface area (TPSA) is 230 Å². The molecule has 0 aliphatic rings. The third-order valence-corrected chi connectivity index (χ3v) is 6.63. The van der Waals surface area contributed by atoms with Crippen molar-refractivity contribution in [2.75, 3.05) is 65.9 Å². The molecule has 0 aromatic rings. The molecule has 6 N–H and O–H groups in total. The number of carboxylic acids is 2. The fourth-order valence-electron chi connectivity index (χ4n) is 4.12. The zero-order valence-electron chi connectivity index (χ0n) is 28.7. The molecule has 0 rings (SSSR count). The number of rotatable bonds is 35. The number of hydrogen-bond acceptors (Lipinski definition) is 10. The van der Waals surface area contributed by atoms with Gasteiger partial charge in [-0.05, 0) is 19.3 Å². The Bertz CT molecular complexity index is 804. The molecule has 0 aromatic carbocycles. The number of nitrogens with two attached hydrogens (primary N) is 1. The number of hydrogen-bond donors (Lipinski definition) is 5. The summed E-state index contributed by atoms with van der Waals surface area (Å²) >= 11 is 0. The van der Waals surface area contributed by atoms with E-state index in [1.807, 2.05) is 0 Å². The summed E-state index contributed by atoms with van der Waals surface area (Å²) in [5, 5.41) is 22.1. The van der Waals surface area contributed by atoms with Gasteiger partial charge in [-0.1, -0.05) is 64.2 Å². The minimum atomic E-state index is -1.04. The van der Waals surface area contributed by atoms with Crippen LogP contribution in [0.1, 0.15) is 109 Å². The van der Waals surface area contributed by atoms with E-state index in [0.29, 0.717) is 58.4 Å². The molecule has 0 saturated carbocycles. The summed E-state index contributed by atoms with van der Waals surface area (Å²) in [6, 6.07) is 0. The third kappa shape index (κ3) is 45.0. The highest BCUT2D eigenvalue weighted by molar-refractivity contribution is 5.77. The van der Waals surface area contributed by atoms with Crippen LogP contribution in [0.2, 0.25) is 0 Å². The quantitative estimate of drug-likeness (QED) is 0.0477. The number of amides is 3. The van der Waals surface area contributed by atoms with Gasteiger partial charge >= 0.3 is 11.9 Å². The third-order valence-electron chi connectivity index (χ3n) is 6.63. The second-order valence-electron chi connectivity index (χ2n) is 11.1. The number of carbonyl (C=O) groups excluding carboxylic acids is 4. The van der Waals surface area contributed by atoms with Crippen molar-refractivity contribution in [1.82, 2.24) is 10.6 Å². The Kier molecular flexibility index (Phi) is 37.5. The van der Waals surface area contributed by atoms with Gasteiger partial charge in [0, 0.05) is 38.8 Å². The lowest BCUT2D eigenvalue weighted by atomic mass is 10.0. The van der Waals surface area contributed by atoms with Crippen LogP contribution >= 0.6 is 0 Å². The molecule has 0 aliphatic heterocycles. The molecule has 280 valence electrons. The van der Waals surface area contributed by atoms with Gasteiger partial charge in [0.1, 0.15) is 19.5 Å². The van der Waals surface area contributed by atoms with Crippen LogP contribution in [0.4, 0.5) is 0 Å². The van der Waals surface area contributed by atoms with E-state index in [0.717, 1.165) is 32.0 Å². The monoisotopic (exact) mass is 691 g/mol. The number of aldehydes is 1. The van der Waals surface area contributed by atoms with Crippen molar-refractivity contribution in [3.05, 3.63) is 0 Å². The van der Waals surface area contributed by atoms with E-state index in [9.17, 15) is 28.8 Å². The molecular formula is C33H61N3O12. The number of aliphatic carboxylic acids is 2. The van der Waals surface area contributed by atoms with E-state index in [1.165, 1.54) is 51.4 Å². The van der Waals surface area contributed by atoms with Crippen LogP contribution in [0.15, 0.2) is 0 Å². The normalized spacial score (nSPS) is 10.5. The number of nitrogens with one attached hydrogen (secondary N) is 2. The highest BCUT2D eigenvalue weighted by Crippen LogP contribution is 2.12. The molecule has 48 heavy (non-hydrogen) atoms. The van der Waals surface area contributed by atoms with Crippen molar-refractivity contribution in [3.63, 3.8) is 0 Å². The van der Waals surface area contributed by atoms with E-state index in [1.54, 1.807) is 0 Å². The molecule has 15 heteroatoms. The Labute approximate surface area is 285 Å². The molecule has 0 fully saturated rings. The van der Waals surface area contributed by atoms with Gasteiger partial charge in [-0.2, -0.15) is 0 Å². The fraction of sp³-hybridized carbons (Fsp3) is 0.818. The summed E-state index contributed by atoms with van der Waals surface area (Å²) in [6.07, 6.45) is 16.8. The summed E-state index contributed by atoms with van der Waals surface area (Å²) in [6.45, 7) is 1.81. The van der Waals surface area contributed by atoms with Crippen LogP contribution in [0.5, 0.6) is 0 Å². The molecule has 0 aromatic heterocycles. The van der Waals surface area contributed by atoms with Gasteiger partial charge in [0.15, 0.2) is 0 Å². The number of ether oxygens (including phenoxy) is 4. The molecule has 0 unspecified atom stereocenters. The number of primary amides is 1. The first-order valence-electron chi connectivity index (χ1n) is 17.2. The van der Waals surface area contributed by atoms with E-state index in [2.05, 4.69) is 10.6 Å². The number of carbonyl (C=O) groups is 6. The summed E-state index contributed by atoms with van der Waals surface area (Å²) in [7, 11) is 0. The number of carboxylic acid groups (broad SMARTS) is 2. The average molecular weight is 692 g/mol. The van der Waals surface area contributed by atoms with Crippen molar-refractivity contribution in [1.29, 1.82) is 0 Å². The number of unbranched alkanes of at least 4 members (excludes halogenated alkanes) is 12. The Hall–Kier alpha value is -3.14. The second-order valence-corrected chi connectivity index (χ2v) is 11.1. The van der Waals surface area contributed by atoms with Gasteiger partial charge in [0.2, 0.25) is 17.7 Å². The minimum Gasteiger partial charge on any atom is -0.481 e. The van der Waals surface area contributed by atoms with Gasteiger partial charge in [-0.3, -0.25) is 19.2 Å². The molecule has 0 bridgehead atoms. The van der Waals surface area contributed by atoms with E-state index in [-0.39, 0.29) is 57.4 Å². The molecular weight excluding hydrogens is 630 g/mol. The van der Waals surface area contributed by atoms with E-state index < -0.39 is 11.9 Å². The van der Waals surface area contributed by atoms with Crippen molar-refractivity contribution < 1.29 is 57.9 Å². The van der Waals surface area contributed by atoms with Gasteiger partial charge in [0.25, 0.3) is 0 Å². The first kappa shape index (κ1) is 47.0. The highest BCUT2D eigenvalue weighted by Gasteiger charge is 2.03. The largest absolute Gasteiger partial charge is 0.481 e. The maximum absolute atomic E-state index is 11.5. The zero-order valence-corrected chi connectivity index (χ0v) is 28.7. The van der Waals surface area contributed by atoms with Crippen LogP contribution in [-0.2, 0) is 47.7 Å². The average Bonchev–Trinajstić information content (AvgIpc) is 3.03. The molecule has 0 atom stereocenters. The van der Waals surface area contributed by atoms with Crippen molar-refractivity contribution in [2.45, 2.75) is 109 Å². The minimum absolute atomic E-state index is 0.0987. The van der Waals surface area contributed by atoms with Gasteiger partial charge < -0.3 is 50.3 Å². The summed E-state index contributed by atoms with van der Waals surface area (Å²) < 4.78 is 20.3. The summed E-state index contributed by atoms with van der Waals surface area (Å²) in [4.78, 5) is 64.0. The lowest BCUT2D eigenvalue weighted by Crippen LogP contribution is -2.31. The maximum Gasteiger partial charge on any atom is 0.329 e. The summed E-state index contributed by atoms with van der Waals surface area (Å²) in [5.74, 6) is -2.30. The lowest BCUT2D eigenvalue weighted by Gasteiger charge is -2.08. The lowest BCUT2D eigenvalue weighted by molar-refractivity contribution is -0.143. The molecule has 0 heterocycles. The zero-order chi connectivity index (χ0) is 35.9. The predicted molar refractivity (Wildman–Crippen MR) is 178 cm³/mol. The Morgan fingerprint density at radius 3 is 1.40 bits per heavy atom. The molecule has 0 aliphatic carbocycles. The first-order chi connectivity index (χ1) is 23.2. The van der Waals surface area contributed by atoms with Crippen molar-refractivity contribution in [3.8, 4) is 0 Å². The molecule has 0 radical (unpaired) electrons. The second kappa shape index (κ2) is 38.3. The van der Waals surface area contributed by atoms with Crippen LogP contribution in [-0.4, -0.2) is 112 Å². The molecule has 0 spiro atoms. The van der Waals surface area contributed by atoms with Gasteiger partial charge in [-0.25, -0.2) is 4.79 Å². The predicted octanol–water partition coefficient (Wildman–Crippen LogP) is 2.76. The standard InChI is InChI=1S/C17H30N2O9.C16H31NO3/c20-6-2-1-3-15(21)18-4-7-25-9-11-27-13-16(22)19-5-8-26-10-12-28-14-17(23)24;17-15(18)13-11-9-7-5-3-1-2-4-6-8-10-12-14-16(19)20/h6H,1-5,7-14H2,(H,18,21)(H,19,22)(H,23,24);1-14H2,(H2,17,18)(H,19,20). The SMILES string of the molecule is NC(=O)CCCCCCCCCCCCCCC(=O)O.O=CCCCC(=O)NCCOCCOCC(=O)NCCOCCOCC(=O)O. The van der Waals surface area contributed by atoms with Crippen LogP contribution < -0.4 is 16.4 Å². The van der Waals surface area contributed by atoms with Crippen LogP contribution in [0, 0.1) is 0 Å². The summed E-state index contributed by atoms with van der Waals surface area (Å²) in [5.41, 5.74) is 5.08. The van der Waals surface area contributed by atoms with Gasteiger partial charge in [-0.15, -0.1) is 0 Å². The van der Waals surface area contributed by atoms with E-state index in [4.69, 9.17) is 34.9 Å². The Morgan fingerprint density at radius 2 is 0.938 bits per heavy atom. The first-order valence-corrected chi connectivity index (χ1v) is 17.2. The van der Waals surface area contributed by atoms with Gasteiger partial charge in [0.05, 0.1) is 39.6 Å². The smallest absolute Gasteiger partial charge is 0.329 e. The van der Waals surface area contributed by atoms with Crippen molar-refractivity contribution >= 4 is 35.9 Å². The molecule has 3 amide bonds. The highest BCUT2D eigenvalue weighted by atomic mass is 16.5. The Balaban J connectivity index is 0. The maximum atomic E-state index is 11.5. The fourth-order valence-corrected chi connectivity index (χ4v) is 4.12. The molecule has 0 saturated heterocycles.